The molecule has 3 aromatic rings. The maximum Gasteiger partial charge on any atom is 0.338 e. The van der Waals surface area contributed by atoms with Crippen LogP contribution < -0.4 is 9.96 Å². The van der Waals surface area contributed by atoms with Gasteiger partial charge in [0.05, 0.1) is 29.8 Å². The third-order valence-corrected chi connectivity index (χ3v) is 5.94. The summed E-state index contributed by atoms with van der Waals surface area (Å²) in [7, 11) is 0. The van der Waals surface area contributed by atoms with E-state index in [0.717, 1.165) is 16.2 Å². The molecule has 1 aromatic heterocycles. The van der Waals surface area contributed by atoms with Gasteiger partial charge in [-0.15, -0.1) is 0 Å². The highest BCUT2D eigenvalue weighted by atomic mass is 16.7. The van der Waals surface area contributed by atoms with Gasteiger partial charge in [-0.3, -0.25) is 14.4 Å². The van der Waals surface area contributed by atoms with Crippen molar-refractivity contribution in [3.63, 3.8) is 0 Å². The molecule has 8 heteroatoms. The molecule has 0 unspecified atom stereocenters. The molecule has 0 bridgehead atoms. The molecule has 0 spiro atoms. The van der Waals surface area contributed by atoms with Gasteiger partial charge in [-0.1, -0.05) is 18.2 Å². The van der Waals surface area contributed by atoms with Gasteiger partial charge in [0, 0.05) is 0 Å². The highest BCUT2D eigenvalue weighted by Gasteiger charge is 2.61. The number of anilines is 2. The molecule has 0 N–H and O–H groups in total. The summed E-state index contributed by atoms with van der Waals surface area (Å²) in [6.45, 7) is 3.92. The van der Waals surface area contributed by atoms with E-state index < -0.39 is 29.9 Å². The van der Waals surface area contributed by atoms with E-state index >= 15 is 0 Å². The third-order valence-electron chi connectivity index (χ3n) is 5.94. The molecule has 8 nitrogen and oxygen atoms in total. The lowest BCUT2D eigenvalue weighted by Gasteiger charge is -2.28. The van der Waals surface area contributed by atoms with Crippen molar-refractivity contribution in [1.82, 2.24) is 0 Å². The first-order valence-electron chi connectivity index (χ1n) is 10.7. The Labute approximate surface area is 190 Å². The number of amides is 2. The molecular formula is C25H22N2O6. The molecule has 2 amide bonds. The minimum absolute atomic E-state index is 0.260. The van der Waals surface area contributed by atoms with Gasteiger partial charge >= 0.3 is 5.97 Å². The van der Waals surface area contributed by atoms with Crippen molar-refractivity contribution < 1.29 is 28.4 Å². The van der Waals surface area contributed by atoms with Crippen LogP contribution in [-0.4, -0.2) is 30.5 Å². The number of furan rings is 1. The summed E-state index contributed by atoms with van der Waals surface area (Å²) in [6, 6.07) is 16.7. The summed E-state index contributed by atoms with van der Waals surface area (Å²) in [4.78, 5) is 46.0. The lowest BCUT2D eigenvalue weighted by molar-refractivity contribution is -0.126. The molecule has 2 fully saturated rings. The molecule has 2 aromatic carbocycles. The van der Waals surface area contributed by atoms with E-state index in [1.54, 1.807) is 36.3 Å². The Bertz CT molecular complexity index is 1200. The number of hydroxylamine groups is 1. The van der Waals surface area contributed by atoms with Crippen molar-refractivity contribution in [2.45, 2.75) is 26.0 Å². The summed E-state index contributed by atoms with van der Waals surface area (Å²) >= 11 is 0. The Morgan fingerprint density at radius 3 is 2.42 bits per heavy atom. The Morgan fingerprint density at radius 2 is 1.76 bits per heavy atom. The summed E-state index contributed by atoms with van der Waals surface area (Å²) < 4.78 is 10.6. The number of ether oxygens (including phenoxy) is 1. The minimum atomic E-state index is -0.989. The highest BCUT2D eigenvalue weighted by Crippen LogP contribution is 2.48. The lowest BCUT2D eigenvalue weighted by Crippen LogP contribution is -2.37. The van der Waals surface area contributed by atoms with Gasteiger partial charge in [0.25, 0.3) is 5.91 Å². The van der Waals surface area contributed by atoms with Crippen LogP contribution in [-0.2, 0) is 19.2 Å². The lowest BCUT2D eigenvalue weighted by atomic mass is 9.94. The monoisotopic (exact) mass is 446 g/mol. The standard InChI is InChI=1S/C25H22N2O6/c1-3-31-25(30)16-10-12-17(13-11-16)26-23(28)20-21(19-9-6-14-32-19)27(33-22(20)24(26)29)18-8-5-4-7-15(18)2/h4-14,20-22H,3H2,1-2H3/t20-,21-,22+/m1/s1. The molecule has 5 rings (SSSR count). The smallest absolute Gasteiger partial charge is 0.338 e. The first kappa shape index (κ1) is 21.0. The van der Waals surface area contributed by atoms with Crippen molar-refractivity contribution in [2.24, 2.45) is 5.92 Å². The van der Waals surface area contributed by atoms with Crippen molar-refractivity contribution in [1.29, 1.82) is 0 Å². The molecule has 3 atom stereocenters. The number of aryl methyl sites for hydroxylation is 1. The fourth-order valence-electron chi connectivity index (χ4n) is 4.40. The molecule has 2 aliphatic rings. The van der Waals surface area contributed by atoms with Crippen LogP contribution in [0.5, 0.6) is 0 Å². The first-order chi connectivity index (χ1) is 16.0. The largest absolute Gasteiger partial charge is 0.467 e. The Hall–Kier alpha value is -3.91. The van der Waals surface area contributed by atoms with Crippen LogP contribution in [0.25, 0.3) is 0 Å². The summed E-state index contributed by atoms with van der Waals surface area (Å²) in [5.41, 5.74) is 2.42. The number of rotatable bonds is 5. The van der Waals surface area contributed by atoms with E-state index in [0.29, 0.717) is 17.0 Å². The van der Waals surface area contributed by atoms with Crippen LogP contribution in [0.1, 0.15) is 34.6 Å². The molecule has 3 heterocycles. The van der Waals surface area contributed by atoms with E-state index in [4.69, 9.17) is 14.0 Å². The molecule has 33 heavy (non-hydrogen) atoms. The molecule has 0 saturated carbocycles. The number of carbonyl (C=O) groups is 3. The predicted octanol–water partition coefficient (Wildman–Crippen LogP) is 3.82. The Kier molecular flexibility index (Phi) is 5.22. The van der Waals surface area contributed by atoms with Gasteiger partial charge in [-0.2, -0.15) is 0 Å². The third kappa shape index (κ3) is 3.39. The molecule has 0 aliphatic carbocycles. The second-order valence-electron chi connectivity index (χ2n) is 7.90. The van der Waals surface area contributed by atoms with Crippen LogP contribution in [0, 0.1) is 12.8 Å². The van der Waals surface area contributed by atoms with Crippen LogP contribution in [0.4, 0.5) is 11.4 Å². The number of esters is 1. The van der Waals surface area contributed by atoms with Gasteiger partial charge < -0.3 is 9.15 Å². The topological polar surface area (TPSA) is 89.3 Å². The van der Waals surface area contributed by atoms with Gasteiger partial charge in [0.2, 0.25) is 5.91 Å². The molecule has 0 radical (unpaired) electrons. The van der Waals surface area contributed by atoms with E-state index in [1.165, 1.54) is 18.4 Å². The van der Waals surface area contributed by atoms with E-state index in [1.807, 2.05) is 31.2 Å². The van der Waals surface area contributed by atoms with Gasteiger partial charge in [-0.05, 0) is 61.9 Å². The van der Waals surface area contributed by atoms with Crippen molar-refractivity contribution in [2.75, 3.05) is 16.6 Å². The number of hydrogen-bond donors (Lipinski definition) is 0. The number of fused-ring (bicyclic) bond motifs is 1. The van der Waals surface area contributed by atoms with Crippen LogP contribution in [0.15, 0.2) is 71.3 Å². The number of para-hydroxylation sites is 1. The average Bonchev–Trinajstić information content (AvgIpc) is 3.52. The van der Waals surface area contributed by atoms with Crippen LogP contribution in [0.3, 0.4) is 0 Å². The van der Waals surface area contributed by atoms with Gasteiger partial charge in [0.15, 0.2) is 6.10 Å². The number of nitrogens with zero attached hydrogens (tertiary/aromatic N) is 2. The predicted molar refractivity (Wildman–Crippen MR) is 118 cm³/mol. The van der Waals surface area contributed by atoms with Gasteiger partial charge in [-0.25, -0.2) is 14.8 Å². The molecule has 2 saturated heterocycles. The van der Waals surface area contributed by atoms with E-state index in [9.17, 15) is 14.4 Å². The SMILES string of the molecule is CCOC(=O)c1ccc(N2C(=O)[C@H]3[C@H](ON(c4ccccc4C)[C@@H]3c3ccco3)C2=O)cc1. The van der Waals surface area contributed by atoms with Crippen molar-refractivity contribution in [3.05, 3.63) is 83.8 Å². The maximum atomic E-state index is 13.6. The Morgan fingerprint density at radius 1 is 1.00 bits per heavy atom. The second-order valence-corrected chi connectivity index (χ2v) is 7.90. The number of hydrogen-bond acceptors (Lipinski definition) is 7. The second kappa shape index (κ2) is 8.22. The van der Waals surface area contributed by atoms with Crippen molar-refractivity contribution in [3.8, 4) is 0 Å². The fourth-order valence-corrected chi connectivity index (χ4v) is 4.40. The minimum Gasteiger partial charge on any atom is -0.467 e. The Balaban J connectivity index is 1.49. The van der Waals surface area contributed by atoms with Gasteiger partial charge in [0.1, 0.15) is 17.7 Å². The fraction of sp³-hybridized carbons (Fsp3) is 0.240. The zero-order chi connectivity index (χ0) is 23.1. The quantitative estimate of drug-likeness (QED) is 0.435. The zero-order valence-corrected chi connectivity index (χ0v) is 18.1. The normalized spacial score (nSPS) is 22.1. The summed E-state index contributed by atoms with van der Waals surface area (Å²) in [5, 5.41) is 1.61. The number of benzene rings is 2. The van der Waals surface area contributed by atoms with Crippen LogP contribution in [0.2, 0.25) is 0 Å². The molecule has 2 aliphatic heterocycles. The number of imide groups is 1. The summed E-state index contributed by atoms with van der Waals surface area (Å²) in [5.74, 6) is -1.55. The number of carbonyl (C=O) groups excluding carboxylic acids is 3. The molecular weight excluding hydrogens is 424 g/mol. The highest BCUT2D eigenvalue weighted by molar-refractivity contribution is 6.24. The first-order valence-corrected chi connectivity index (χ1v) is 10.7. The van der Waals surface area contributed by atoms with Crippen LogP contribution >= 0.6 is 0 Å². The van der Waals surface area contributed by atoms with Crippen molar-refractivity contribution >= 4 is 29.2 Å². The zero-order valence-electron chi connectivity index (χ0n) is 18.1. The summed E-state index contributed by atoms with van der Waals surface area (Å²) in [6.07, 6.45) is 0.545. The molecule has 168 valence electrons. The average molecular weight is 446 g/mol. The maximum absolute atomic E-state index is 13.6. The van der Waals surface area contributed by atoms with E-state index in [-0.39, 0.29) is 12.5 Å². The van der Waals surface area contributed by atoms with E-state index in [2.05, 4.69) is 0 Å².